The summed E-state index contributed by atoms with van der Waals surface area (Å²) in [5, 5.41) is 3.62. The van der Waals surface area contributed by atoms with Gasteiger partial charge >= 0.3 is 0 Å². The van der Waals surface area contributed by atoms with Crippen LogP contribution in [0.3, 0.4) is 0 Å². The van der Waals surface area contributed by atoms with E-state index in [4.69, 9.17) is 11.6 Å². The van der Waals surface area contributed by atoms with E-state index in [1.54, 1.807) is 18.2 Å². The average Bonchev–Trinajstić information content (AvgIpc) is 2.41. The first kappa shape index (κ1) is 16.4. The Kier molecular flexibility index (Phi) is 5.73. The zero-order valence-electron chi connectivity index (χ0n) is 11.5. The minimum atomic E-state index is -0.341. The molecule has 0 bridgehead atoms. The van der Waals surface area contributed by atoms with Crippen LogP contribution in [0.5, 0.6) is 0 Å². The summed E-state index contributed by atoms with van der Waals surface area (Å²) in [5.74, 6) is -0.652. The summed E-state index contributed by atoms with van der Waals surface area (Å²) >= 11 is 9.48. The van der Waals surface area contributed by atoms with Crippen LogP contribution in [0, 0.1) is 11.6 Å². The highest BCUT2D eigenvalue weighted by molar-refractivity contribution is 9.10. The molecule has 2 rings (SSSR count). The molecule has 0 aliphatic rings. The molecule has 0 saturated heterocycles. The van der Waals surface area contributed by atoms with Crippen LogP contribution in [0.25, 0.3) is 0 Å². The van der Waals surface area contributed by atoms with Crippen molar-refractivity contribution in [2.24, 2.45) is 0 Å². The van der Waals surface area contributed by atoms with Crippen LogP contribution in [0.2, 0.25) is 5.02 Å². The smallest absolute Gasteiger partial charge is 0.129 e. The second-order valence-electron chi connectivity index (χ2n) is 4.69. The third kappa shape index (κ3) is 4.02. The normalized spacial score (nSPS) is 12.4. The average molecular weight is 375 g/mol. The third-order valence-electron chi connectivity index (χ3n) is 3.24. The molecule has 1 atom stereocenters. The Hall–Kier alpha value is -0.970. The van der Waals surface area contributed by atoms with E-state index in [-0.39, 0.29) is 17.7 Å². The van der Waals surface area contributed by atoms with Gasteiger partial charge in [0.25, 0.3) is 0 Å². The lowest BCUT2D eigenvalue weighted by Gasteiger charge is -2.21. The maximum atomic E-state index is 14.1. The van der Waals surface area contributed by atoms with Crippen LogP contribution in [0.4, 0.5) is 8.78 Å². The van der Waals surface area contributed by atoms with Gasteiger partial charge in [0.2, 0.25) is 0 Å². The van der Waals surface area contributed by atoms with Gasteiger partial charge in [-0.1, -0.05) is 46.6 Å². The van der Waals surface area contributed by atoms with Gasteiger partial charge in [0.1, 0.15) is 11.6 Å². The molecular weight excluding hydrogens is 360 g/mol. The highest BCUT2D eigenvalue weighted by atomic mass is 79.9. The van der Waals surface area contributed by atoms with Crippen LogP contribution in [0.15, 0.2) is 40.9 Å². The second kappa shape index (κ2) is 7.34. The number of hydrogen-bond donors (Lipinski definition) is 1. The fraction of sp³-hybridized carbons (Fsp3) is 0.250. The topological polar surface area (TPSA) is 12.0 Å². The lowest BCUT2D eigenvalue weighted by molar-refractivity contribution is 0.509. The zero-order chi connectivity index (χ0) is 15.4. The minimum absolute atomic E-state index is 0.273. The Balaban J connectivity index is 2.35. The second-order valence-corrected chi connectivity index (χ2v) is 5.95. The molecule has 0 aromatic heterocycles. The van der Waals surface area contributed by atoms with Gasteiger partial charge in [-0.25, -0.2) is 8.78 Å². The molecule has 0 fully saturated rings. The van der Waals surface area contributed by atoms with E-state index >= 15 is 0 Å². The van der Waals surface area contributed by atoms with Crippen molar-refractivity contribution in [2.75, 3.05) is 6.54 Å². The minimum Gasteiger partial charge on any atom is -0.310 e. The summed E-state index contributed by atoms with van der Waals surface area (Å²) in [6.07, 6.45) is 0.509. The van der Waals surface area contributed by atoms with E-state index in [1.807, 2.05) is 6.92 Å². The fourth-order valence-corrected chi connectivity index (χ4v) is 3.08. The molecule has 1 unspecified atom stereocenters. The number of rotatable bonds is 5. The molecule has 0 spiro atoms. The van der Waals surface area contributed by atoms with Crippen molar-refractivity contribution in [2.45, 2.75) is 19.4 Å². The standard InChI is InChI=1S/C16H15BrClF2N/c1-2-21-15(16-13(18)4-3-5-14(16)20)8-10-6-7-11(19)9-12(10)17/h3-7,9,15,21H,2,8H2,1H3. The van der Waals surface area contributed by atoms with E-state index < -0.39 is 0 Å². The van der Waals surface area contributed by atoms with Gasteiger partial charge in [-0.05, 0) is 42.8 Å². The molecule has 5 heteroatoms. The molecule has 0 aliphatic heterocycles. The molecule has 2 aromatic rings. The molecular formula is C16H15BrClF2N. The Morgan fingerprint density at radius 2 is 2.00 bits per heavy atom. The van der Waals surface area contributed by atoms with Crippen LogP contribution >= 0.6 is 27.5 Å². The van der Waals surface area contributed by atoms with Crippen LogP contribution < -0.4 is 5.32 Å². The molecule has 0 amide bonds. The number of likely N-dealkylation sites (N-methyl/N-ethyl adjacent to an activating group) is 1. The van der Waals surface area contributed by atoms with Crippen molar-refractivity contribution in [1.82, 2.24) is 5.32 Å². The summed E-state index contributed by atoms with van der Waals surface area (Å²) < 4.78 is 27.9. The maximum absolute atomic E-state index is 14.1. The van der Waals surface area contributed by atoms with Gasteiger partial charge in [0.15, 0.2) is 0 Å². The fourth-order valence-electron chi connectivity index (χ4n) is 2.27. The lowest BCUT2D eigenvalue weighted by Crippen LogP contribution is -2.24. The summed E-state index contributed by atoms with van der Waals surface area (Å²) in [7, 11) is 0. The maximum Gasteiger partial charge on any atom is 0.129 e. The summed E-state index contributed by atoms with van der Waals surface area (Å²) in [6.45, 7) is 2.62. The van der Waals surface area contributed by atoms with Crippen molar-refractivity contribution < 1.29 is 8.78 Å². The van der Waals surface area contributed by atoms with Crippen molar-refractivity contribution >= 4 is 27.5 Å². The van der Waals surface area contributed by atoms with Crippen LogP contribution in [0.1, 0.15) is 24.1 Å². The van der Waals surface area contributed by atoms with Crippen molar-refractivity contribution in [3.05, 3.63) is 68.7 Å². The first-order chi connectivity index (χ1) is 10.0. The highest BCUT2D eigenvalue weighted by Crippen LogP contribution is 2.30. The first-order valence-corrected chi connectivity index (χ1v) is 7.81. The first-order valence-electron chi connectivity index (χ1n) is 6.64. The van der Waals surface area contributed by atoms with Gasteiger partial charge in [0, 0.05) is 21.1 Å². The highest BCUT2D eigenvalue weighted by Gasteiger charge is 2.19. The van der Waals surface area contributed by atoms with Gasteiger partial charge in [-0.15, -0.1) is 0 Å². The van der Waals surface area contributed by atoms with E-state index in [0.717, 1.165) is 5.56 Å². The Labute approximate surface area is 136 Å². The molecule has 0 aliphatic carbocycles. The van der Waals surface area contributed by atoms with Crippen molar-refractivity contribution in [3.63, 3.8) is 0 Å². The van der Waals surface area contributed by atoms with E-state index in [0.29, 0.717) is 28.0 Å². The molecule has 1 nitrogen and oxygen atoms in total. The number of hydrogen-bond acceptors (Lipinski definition) is 1. The van der Waals surface area contributed by atoms with Crippen LogP contribution in [-0.2, 0) is 6.42 Å². The van der Waals surface area contributed by atoms with Gasteiger partial charge in [0.05, 0.1) is 0 Å². The predicted octanol–water partition coefficient (Wildman–Crippen LogP) is 5.27. The quantitative estimate of drug-likeness (QED) is 0.751. The molecule has 0 heterocycles. The summed E-state index contributed by atoms with van der Waals surface area (Å²) in [4.78, 5) is 0. The number of nitrogens with one attached hydrogen (secondary N) is 1. The lowest BCUT2D eigenvalue weighted by atomic mass is 9.98. The summed E-state index contributed by atoms with van der Waals surface area (Å²) in [5.41, 5.74) is 1.33. The molecule has 1 N–H and O–H groups in total. The van der Waals surface area contributed by atoms with E-state index in [2.05, 4.69) is 21.2 Å². The monoisotopic (exact) mass is 373 g/mol. The SMILES string of the molecule is CCNC(Cc1ccc(F)cc1Br)c1c(F)cccc1Cl. The van der Waals surface area contributed by atoms with E-state index in [9.17, 15) is 8.78 Å². The van der Waals surface area contributed by atoms with Gasteiger partial charge in [-0.2, -0.15) is 0 Å². The predicted molar refractivity (Wildman–Crippen MR) is 85.6 cm³/mol. The summed E-state index contributed by atoms with van der Waals surface area (Å²) in [6, 6.07) is 8.87. The van der Waals surface area contributed by atoms with Crippen molar-refractivity contribution in [1.29, 1.82) is 0 Å². The van der Waals surface area contributed by atoms with E-state index in [1.165, 1.54) is 18.2 Å². The largest absolute Gasteiger partial charge is 0.310 e. The molecule has 0 saturated carbocycles. The molecule has 2 aromatic carbocycles. The Morgan fingerprint density at radius 1 is 1.24 bits per heavy atom. The Bertz CT molecular complexity index is 613. The van der Waals surface area contributed by atoms with Gasteiger partial charge in [-0.3, -0.25) is 0 Å². The van der Waals surface area contributed by atoms with Crippen LogP contribution in [-0.4, -0.2) is 6.54 Å². The molecule has 112 valence electrons. The zero-order valence-corrected chi connectivity index (χ0v) is 13.8. The number of benzene rings is 2. The third-order valence-corrected chi connectivity index (χ3v) is 4.31. The Morgan fingerprint density at radius 3 is 2.62 bits per heavy atom. The van der Waals surface area contributed by atoms with Gasteiger partial charge < -0.3 is 5.32 Å². The molecule has 21 heavy (non-hydrogen) atoms. The van der Waals surface area contributed by atoms with Crippen molar-refractivity contribution in [3.8, 4) is 0 Å². The molecule has 0 radical (unpaired) electrons. The number of halogens is 4.